The van der Waals surface area contributed by atoms with Crippen LogP contribution in [0.5, 0.6) is 11.5 Å². The Kier molecular flexibility index (Phi) is 7.22. The molecule has 1 fully saturated rings. The zero-order chi connectivity index (χ0) is 19.8. The van der Waals surface area contributed by atoms with Gasteiger partial charge in [0.2, 0.25) is 5.91 Å². The highest BCUT2D eigenvalue weighted by Crippen LogP contribution is 2.25. The van der Waals surface area contributed by atoms with Crippen LogP contribution in [0.3, 0.4) is 0 Å². The SMILES string of the molecule is COc1ccc(/C=C/C(=O)OCC(=O)N2CCC[C@H](C(N)=O)C2)c(OC)c1. The molecule has 0 spiro atoms. The van der Waals surface area contributed by atoms with Crippen LogP contribution in [0.2, 0.25) is 0 Å². The quantitative estimate of drug-likeness (QED) is 0.561. The van der Waals surface area contributed by atoms with Crippen LogP contribution in [0.1, 0.15) is 18.4 Å². The van der Waals surface area contributed by atoms with Gasteiger partial charge in [0.25, 0.3) is 5.91 Å². The number of methoxy groups -OCH3 is 2. The number of likely N-dealkylation sites (tertiary alicyclic amines) is 1. The third-order valence-corrected chi connectivity index (χ3v) is 4.35. The first-order valence-electron chi connectivity index (χ1n) is 8.58. The number of piperidine rings is 1. The molecule has 0 radical (unpaired) electrons. The molecular weight excluding hydrogens is 352 g/mol. The van der Waals surface area contributed by atoms with Crippen molar-refractivity contribution in [3.8, 4) is 11.5 Å². The van der Waals surface area contributed by atoms with E-state index in [9.17, 15) is 14.4 Å². The van der Waals surface area contributed by atoms with Gasteiger partial charge < -0.3 is 24.8 Å². The highest BCUT2D eigenvalue weighted by atomic mass is 16.5. The van der Waals surface area contributed by atoms with Gasteiger partial charge in [-0.1, -0.05) is 0 Å². The third-order valence-electron chi connectivity index (χ3n) is 4.35. The van der Waals surface area contributed by atoms with Crippen molar-refractivity contribution in [2.24, 2.45) is 11.7 Å². The van der Waals surface area contributed by atoms with Crippen LogP contribution in [-0.2, 0) is 19.1 Å². The summed E-state index contributed by atoms with van der Waals surface area (Å²) in [6.45, 7) is 0.415. The predicted octanol–water partition coefficient (Wildman–Crippen LogP) is 0.984. The fourth-order valence-electron chi connectivity index (χ4n) is 2.82. The molecule has 0 aliphatic carbocycles. The van der Waals surface area contributed by atoms with Gasteiger partial charge in [0.1, 0.15) is 11.5 Å². The Balaban J connectivity index is 1.88. The maximum atomic E-state index is 12.2. The molecule has 2 amide bonds. The van der Waals surface area contributed by atoms with Gasteiger partial charge in [-0.05, 0) is 31.1 Å². The van der Waals surface area contributed by atoms with E-state index in [1.807, 2.05) is 0 Å². The maximum absolute atomic E-state index is 12.2. The lowest BCUT2D eigenvalue weighted by Gasteiger charge is -2.30. The van der Waals surface area contributed by atoms with Crippen LogP contribution >= 0.6 is 0 Å². The molecule has 1 atom stereocenters. The van der Waals surface area contributed by atoms with Crippen LogP contribution in [0.4, 0.5) is 0 Å². The zero-order valence-electron chi connectivity index (χ0n) is 15.5. The van der Waals surface area contributed by atoms with Gasteiger partial charge >= 0.3 is 5.97 Å². The lowest BCUT2D eigenvalue weighted by molar-refractivity contribution is -0.149. The summed E-state index contributed by atoms with van der Waals surface area (Å²) in [5, 5.41) is 0. The van der Waals surface area contributed by atoms with Gasteiger partial charge in [-0.15, -0.1) is 0 Å². The van der Waals surface area contributed by atoms with Crippen molar-refractivity contribution >= 4 is 23.9 Å². The summed E-state index contributed by atoms with van der Waals surface area (Å²) < 4.78 is 15.4. The Morgan fingerprint density at radius 3 is 2.70 bits per heavy atom. The Morgan fingerprint density at radius 1 is 1.26 bits per heavy atom. The van der Waals surface area contributed by atoms with E-state index in [0.717, 1.165) is 0 Å². The Hall–Kier alpha value is -3.03. The molecule has 1 saturated heterocycles. The summed E-state index contributed by atoms with van der Waals surface area (Å²) in [7, 11) is 3.06. The van der Waals surface area contributed by atoms with Crippen LogP contribution in [0.25, 0.3) is 6.08 Å². The molecule has 1 aliphatic heterocycles. The van der Waals surface area contributed by atoms with Crippen LogP contribution in [0.15, 0.2) is 24.3 Å². The first-order valence-corrected chi connectivity index (χ1v) is 8.58. The molecule has 1 aliphatic rings. The number of esters is 1. The monoisotopic (exact) mass is 376 g/mol. The summed E-state index contributed by atoms with van der Waals surface area (Å²) in [5.41, 5.74) is 5.97. The number of hydrogen-bond acceptors (Lipinski definition) is 6. The average molecular weight is 376 g/mol. The van der Waals surface area contributed by atoms with Crippen molar-refractivity contribution in [1.82, 2.24) is 4.90 Å². The van der Waals surface area contributed by atoms with E-state index in [-0.39, 0.29) is 25.0 Å². The van der Waals surface area contributed by atoms with Gasteiger partial charge in [0, 0.05) is 30.8 Å². The lowest BCUT2D eigenvalue weighted by atomic mass is 9.97. The largest absolute Gasteiger partial charge is 0.497 e. The smallest absolute Gasteiger partial charge is 0.331 e. The average Bonchev–Trinajstić information content (AvgIpc) is 2.70. The highest BCUT2D eigenvalue weighted by Gasteiger charge is 2.27. The highest BCUT2D eigenvalue weighted by molar-refractivity contribution is 5.90. The number of carbonyl (C=O) groups excluding carboxylic acids is 3. The van der Waals surface area contributed by atoms with E-state index in [4.69, 9.17) is 19.9 Å². The molecule has 2 N–H and O–H groups in total. The molecular formula is C19H24N2O6. The first-order chi connectivity index (χ1) is 12.9. The second-order valence-corrected chi connectivity index (χ2v) is 6.13. The first kappa shape index (κ1) is 20.3. The van der Waals surface area contributed by atoms with Crippen molar-refractivity contribution in [1.29, 1.82) is 0 Å². The second-order valence-electron chi connectivity index (χ2n) is 6.13. The molecule has 1 heterocycles. The van der Waals surface area contributed by atoms with E-state index in [2.05, 4.69) is 0 Å². The fourth-order valence-corrected chi connectivity index (χ4v) is 2.82. The van der Waals surface area contributed by atoms with Crippen LogP contribution < -0.4 is 15.2 Å². The number of ether oxygens (including phenoxy) is 3. The molecule has 8 nitrogen and oxygen atoms in total. The Bertz CT molecular complexity index is 731. The van der Waals surface area contributed by atoms with Crippen LogP contribution in [0, 0.1) is 5.92 Å². The van der Waals surface area contributed by atoms with E-state index >= 15 is 0 Å². The molecule has 2 rings (SSSR count). The van der Waals surface area contributed by atoms with Gasteiger partial charge in [0.05, 0.1) is 20.1 Å². The Labute approximate surface area is 157 Å². The van der Waals surface area contributed by atoms with Gasteiger partial charge in [-0.3, -0.25) is 9.59 Å². The van der Waals surface area contributed by atoms with Gasteiger partial charge in [-0.25, -0.2) is 4.79 Å². The number of carbonyl (C=O) groups is 3. The minimum atomic E-state index is -0.648. The van der Waals surface area contributed by atoms with E-state index < -0.39 is 11.9 Å². The molecule has 8 heteroatoms. The summed E-state index contributed by atoms with van der Waals surface area (Å²) in [4.78, 5) is 36.8. The number of rotatable bonds is 7. The molecule has 0 aromatic heterocycles. The number of nitrogens with zero attached hydrogens (tertiary/aromatic N) is 1. The summed E-state index contributed by atoms with van der Waals surface area (Å²) >= 11 is 0. The van der Waals surface area contributed by atoms with Crippen molar-refractivity contribution < 1.29 is 28.6 Å². The van der Waals surface area contributed by atoms with E-state index in [0.29, 0.717) is 36.4 Å². The summed E-state index contributed by atoms with van der Waals surface area (Å²) in [5.74, 6) is -0.579. The zero-order valence-corrected chi connectivity index (χ0v) is 15.5. The fraction of sp³-hybridized carbons (Fsp3) is 0.421. The molecule has 0 bridgehead atoms. The molecule has 0 saturated carbocycles. The molecule has 1 aromatic carbocycles. The predicted molar refractivity (Wildman–Crippen MR) is 98.0 cm³/mol. The van der Waals surface area contributed by atoms with Crippen molar-refractivity contribution in [3.05, 3.63) is 29.8 Å². The molecule has 0 unspecified atom stereocenters. The van der Waals surface area contributed by atoms with E-state index in [1.165, 1.54) is 24.2 Å². The number of primary amides is 1. The Morgan fingerprint density at radius 2 is 2.04 bits per heavy atom. The van der Waals surface area contributed by atoms with Crippen molar-refractivity contribution in [3.63, 3.8) is 0 Å². The normalized spacial score (nSPS) is 16.8. The number of amides is 2. The van der Waals surface area contributed by atoms with E-state index in [1.54, 1.807) is 25.3 Å². The van der Waals surface area contributed by atoms with Crippen molar-refractivity contribution in [2.45, 2.75) is 12.8 Å². The topological polar surface area (TPSA) is 108 Å². The van der Waals surface area contributed by atoms with Gasteiger partial charge in [0.15, 0.2) is 6.61 Å². The maximum Gasteiger partial charge on any atom is 0.331 e. The minimum Gasteiger partial charge on any atom is -0.497 e. The number of benzene rings is 1. The second kappa shape index (κ2) is 9.61. The van der Waals surface area contributed by atoms with Crippen molar-refractivity contribution in [2.75, 3.05) is 33.9 Å². The molecule has 27 heavy (non-hydrogen) atoms. The number of nitrogens with two attached hydrogens (primary N) is 1. The third kappa shape index (κ3) is 5.73. The summed E-state index contributed by atoms with van der Waals surface area (Å²) in [6, 6.07) is 5.17. The van der Waals surface area contributed by atoms with Crippen LogP contribution in [-0.4, -0.2) is 56.6 Å². The molecule has 1 aromatic rings. The number of hydrogen-bond donors (Lipinski definition) is 1. The minimum absolute atomic E-state index is 0.268. The lowest BCUT2D eigenvalue weighted by Crippen LogP contribution is -2.45. The van der Waals surface area contributed by atoms with Gasteiger partial charge in [-0.2, -0.15) is 0 Å². The molecule has 146 valence electrons. The summed E-state index contributed by atoms with van der Waals surface area (Å²) in [6.07, 6.45) is 4.13. The standard InChI is InChI=1S/C19H24N2O6/c1-25-15-7-5-13(16(10-15)26-2)6-8-18(23)27-12-17(22)21-9-3-4-14(11-21)19(20)24/h5-8,10,14H,3-4,9,11-12H2,1-2H3,(H2,20,24)/b8-6+/t14-/m0/s1.